The minimum Gasteiger partial charge on any atom is -0.504 e. The molecule has 5 aromatic rings. The van der Waals surface area contributed by atoms with Gasteiger partial charge >= 0.3 is 0 Å². The highest BCUT2D eigenvalue weighted by molar-refractivity contribution is 14.1. The van der Waals surface area contributed by atoms with Crippen molar-refractivity contribution < 1.29 is 29.0 Å². The van der Waals surface area contributed by atoms with Gasteiger partial charge in [-0.3, -0.25) is 28.8 Å². The number of aromatic hydroxyl groups is 1. The molecule has 13 heteroatoms. The number of imide groups is 2. The number of hydrogen-bond acceptors (Lipinski definition) is 8. The number of rotatable bonds is 6. The summed E-state index contributed by atoms with van der Waals surface area (Å²) >= 11 is 10.1. The lowest BCUT2D eigenvalue weighted by Gasteiger charge is -2.49. The number of fused-ring (bicyclic) bond motifs is 5. The Labute approximate surface area is 339 Å². The highest BCUT2D eigenvalue weighted by Crippen LogP contribution is 2.65. The monoisotopic (exact) mass is 886 g/mol. The summed E-state index contributed by atoms with van der Waals surface area (Å²) in [5.74, 6) is -4.48. The van der Waals surface area contributed by atoms with Crippen molar-refractivity contribution in [3.05, 3.63) is 98.1 Å². The van der Waals surface area contributed by atoms with Gasteiger partial charge in [-0.15, -0.1) is 11.3 Å². The summed E-state index contributed by atoms with van der Waals surface area (Å²) in [6, 6.07) is 20.0. The topological polar surface area (TPSA) is 122 Å². The first-order valence-corrected chi connectivity index (χ1v) is 20.5. The standard InChI is InChI=1S/C42H36ClIN4O6S/c1-5-54-31-8-6-7-26(36(31)49)35-24-14-15-25-34(40(52)47(38(25)50)23-12-10-22(44)11-13-23)28(24)18-29-39(51)48(41(53)42(29,35)3)33-19-30(45-46(33)4)37-20(2)27-17-21(43)9-16-32(27)55-37/h6-14,16-17,19,25,28-29,34-35,49H,5,15,18H2,1-4H3/t25-,28+,29-,34-,35+,42+/m0/s1. The molecule has 2 aliphatic carbocycles. The van der Waals surface area contributed by atoms with Gasteiger partial charge in [0.2, 0.25) is 23.6 Å². The van der Waals surface area contributed by atoms with E-state index in [4.69, 9.17) is 21.4 Å². The van der Waals surface area contributed by atoms with Crippen LogP contribution < -0.4 is 14.5 Å². The Morgan fingerprint density at radius 3 is 2.51 bits per heavy atom. The molecule has 1 N–H and O–H groups in total. The van der Waals surface area contributed by atoms with E-state index >= 15 is 4.79 Å². The molecule has 1 saturated carbocycles. The van der Waals surface area contributed by atoms with Gasteiger partial charge in [-0.05, 0) is 122 Å². The average Bonchev–Trinajstić information content (AvgIpc) is 3.83. The number of allylic oxidation sites excluding steroid dienone is 2. The van der Waals surface area contributed by atoms with Crippen LogP contribution in [0.25, 0.3) is 20.7 Å². The third-order valence-electron chi connectivity index (χ3n) is 12.2. The lowest BCUT2D eigenvalue weighted by atomic mass is 9.51. The molecule has 0 spiro atoms. The van der Waals surface area contributed by atoms with Crippen molar-refractivity contribution in [3.8, 4) is 22.1 Å². The Morgan fingerprint density at radius 1 is 1.00 bits per heavy atom. The molecule has 10 nitrogen and oxygen atoms in total. The fourth-order valence-corrected chi connectivity index (χ4v) is 11.4. The number of carbonyl (C=O) groups excluding carboxylic acids is 4. The van der Waals surface area contributed by atoms with Crippen molar-refractivity contribution in [1.82, 2.24) is 9.78 Å². The van der Waals surface area contributed by atoms with Crippen LogP contribution in [-0.2, 0) is 26.2 Å². The third-order valence-corrected chi connectivity index (χ3v) is 14.5. The number of para-hydroxylation sites is 1. The number of benzene rings is 3. The fourth-order valence-electron chi connectivity index (χ4n) is 9.68. The van der Waals surface area contributed by atoms with E-state index in [1.54, 1.807) is 66.4 Å². The normalized spacial score (nSPS) is 26.1. The molecule has 0 unspecified atom stereocenters. The van der Waals surface area contributed by atoms with Crippen LogP contribution in [0.2, 0.25) is 5.02 Å². The molecule has 2 aliphatic heterocycles. The van der Waals surface area contributed by atoms with Gasteiger partial charge in [-0.1, -0.05) is 35.4 Å². The van der Waals surface area contributed by atoms with Gasteiger partial charge in [-0.25, -0.2) is 4.90 Å². The quantitative estimate of drug-likeness (QED) is 0.103. The number of aromatic nitrogens is 2. The van der Waals surface area contributed by atoms with E-state index in [2.05, 4.69) is 22.6 Å². The summed E-state index contributed by atoms with van der Waals surface area (Å²) in [4.78, 5) is 62.0. The zero-order valence-corrected chi connectivity index (χ0v) is 34.1. The fraction of sp³-hybridized carbons (Fsp3) is 0.310. The van der Waals surface area contributed by atoms with Gasteiger partial charge in [-0.2, -0.15) is 5.10 Å². The number of nitrogens with zero attached hydrogens (tertiary/aromatic N) is 4. The van der Waals surface area contributed by atoms with Crippen LogP contribution in [0.15, 0.2) is 78.4 Å². The molecule has 280 valence electrons. The number of aryl methyl sites for hydroxylation is 2. The van der Waals surface area contributed by atoms with E-state index in [0.717, 1.165) is 29.7 Å². The van der Waals surface area contributed by atoms with Crippen LogP contribution in [0.4, 0.5) is 11.5 Å². The number of anilines is 2. The van der Waals surface area contributed by atoms with Crippen LogP contribution in [0.5, 0.6) is 11.5 Å². The molecule has 9 rings (SSSR count). The first-order chi connectivity index (χ1) is 26.3. The largest absolute Gasteiger partial charge is 0.504 e. The van der Waals surface area contributed by atoms with Crippen molar-refractivity contribution in [3.63, 3.8) is 0 Å². The molecule has 0 radical (unpaired) electrons. The number of ether oxygens (including phenoxy) is 1. The van der Waals surface area contributed by atoms with Crippen LogP contribution in [0, 0.1) is 39.6 Å². The summed E-state index contributed by atoms with van der Waals surface area (Å²) in [6.07, 6.45) is 2.46. The van der Waals surface area contributed by atoms with Crippen molar-refractivity contribution in [2.75, 3.05) is 16.4 Å². The Balaban J connectivity index is 1.17. The zero-order valence-electron chi connectivity index (χ0n) is 30.4. The SMILES string of the molecule is CCOc1cccc([C@H]2C3=CC[C@@H]4C(=O)N(c5ccc(I)cc5)C(=O)[C@@H]4[C@@H]3C[C@H]3C(=O)N(c4cc(-c5sc6ccc(Cl)cc6c5C)nn4C)C(=O)[C@@]23C)c1O. The van der Waals surface area contributed by atoms with E-state index in [0.29, 0.717) is 40.8 Å². The maximum atomic E-state index is 15.2. The molecule has 4 amide bonds. The Morgan fingerprint density at radius 2 is 1.76 bits per heavy atom. The number of phenolic OH excluding ortho intramolecular Hbond substituents is 1. The summed E-state index contributed by atoms with van der Waals surface area (Å²) < 4.78 is 9.38. The number of hydrogen-bond donors (Lipinski definition) is 1. The second-order valence-corrected chi connectivity index (χ2v) is 17.7. The maximum Gasteiger partial charge on any atom is 0.242 e. The van der Waals surface area contributed by atoms with Gasteiger partial charge in [0.05, 0.1) is 40.3 Å². The zero-order chi connectivity index (χ0) is 38.7. The van der Waals surface area contributed by atoms with Crippen LogP contribution >= 0.6 is 45.5 Å². The molecule has 3 aromatic carbocycles. The van der Waals surface area contributed by atoms with E-state index in [1.165, 1.54) is 9.80 Å². The number of carbonyl (C=O) groups is 4. The molecule has 6 atom stereocenters. The van der Waals surface area contributed by atoms with E-state index in [9.17, 15) is 19.5 Å². The molecular weight excluding hydrogens is 851 g/mol. The van der Waals surface area contributed by atoms with Crippen molar-refractivity contribution in [2.45, 2.75) is 39.5 Å². The first kappa shape index (κ1) is 36.1. The summed E-state index contributed by atoms with van der Waals surface area (Å²) in [6.45, 7) is 5.93. The van der Waals surface area contributed by atoms with Crippen molar-refractivity contribution in [2.24, 2.45) is 36.1 Å². The summed E-state index contributed by atoms with van der Waals surface area (Å²) in [7, 11) is 1.72. The van der Waals surface area contributed by atoms with Gasteiger partial charge in [0.15, 0.2) is 11.5 Å². The highest BCUT2D eigenvalue weighted by atomic mass is 127. The van der Waals surface area contributed by atoms with Gasteiger partial charge in [0.1, 0.15) is 11.5 Å². The van der Waals surface area contributed by atoms with Crippen molar-refractivity contribution >= 4 is 90.7 Å². The molecular formula is C42H36ClIN4O6S. The Hall–Kier alpha value is -4.53. The number of phenols is 1. The highest BCUT2D eigenvalue weighted by Gasteiger charge is 2.68. The first-order valence-electron chi connectivity index (χ1n) is 18.2. The lowest BCUT2D eigenvalue weighted by Crippen LogP contribution is -2.49. The van der Waals surface area contributed by atoms with E-state index in [-0.39, 0.29) is 29.7 Å². The maximum absolute atomic E-state index is 15.2. The number of thiophene rings is 1. The van der Waals surface area contributed by atoms with Gasteiger partial charge in [0.25, 0.3) is 0 Å². The van der Waals surface area contributed by atoms with Gasteiger partial charge in [0, 0.05) is 37.9 Å². The minimum atomic E-state index is -1.36. The van der Waals surface area contributed by atoms with Crippen LogP contribution in [-0.4, -0.2) is 45.1 Å². The molecule has 2 saturated heterocycles. The molecule has 4 heterocycles. The lowest BCUT2D eigenvalue weighted by molar-refractivity contribution is -0.131. The smallest absolute Gasteiger partial charge is 0.242 e. The van der Waals surface area contributed by atoms with Crippen LogP contribution in [0.1, 0.15) is 43.7 Å². The molecule has 0 bridgehead atoms. The number of halogens is 2. The predicted octanol–water partition coefficient (Wildman–Crippen LogP) is 8.41. The average molecular weight is 887 g/mol. The Kier molecular flexibility index (Phi) is 8.55. The van der Waals surface area contributed by atoms with E-state index in [1.807, 2.05) is 50.3 Å². The Bertz CT molecular complexity index is 2530. The predicted molar refractivity (Wildman–Crippen MR) is 219 cm³/mol. The molecule has 3 fully saturated rings. The molecule has 2 aromatic heterocycles. The third kappa shape index (κ3) is 5.20. The second-order valence-electron chi connectivity index (χ2n) is 15.0. The summed E-state index contributed by atoms with van der Waals surface area (Å²) in [5.41, 5.74) is 1.99. The number of amides is 4. The van der Waals surface area contributed by atoms with E-state index < -0.39 is 46.8 Å². The molecule has 55 heavy (non-hydrogen) atoms. The summed E-state index contributed by atoms with van der Waals surface area (Å²) in [5, 5.41) is 18.2. The van der Waals surface area contributed by atoms with Crippen molar-refractivity contribution in [1.29, 1.82) is 0 Å². The second kappa shape index (κ2) is 13.0. The van der Waals surface area contributed by atoms with Gasteiger partial charge < -0.3 is 9.84 Å². The molecule has 4 aliphatic rings. The minimum absolute atomic E-state index is 0.116. The van der Waals surface area contributed by atoms with Crippen LogP contribution in [0.3, 0.4) is 0 Å².